The van der Waals surface area contributed by atoms with Crippen LogP contribution in [-0.2, 0) is 0 Å². The van der Waals surface area contributed by atoms with Gasteiger partial charge in [0.2, 0.25) is 0 Å². The molecular formula is C20H20F3NO3. The molecule has 0 spiro atoms. The lowest BCUT2D eigenvalue weighted by atomic mass is 10.1. The van der Waals surface area contributed by atoms with Gasteiger partial charge >= 0.3 is 0 Å². The van der Waals surface area contributed by atoms with E-state index in [0.29, 0.717) is 17.6 Å². The predicted octanol–water partition coefficient (Wildman–Crippen LogP) is 4.99. The van der Waals surface area contributed by atoms with Crippen LogP contribution in [0, 0.1) is 24.4 Å². The van der Waals surface area contributed by atoms with Crippen LogP contribution >= 0.6 is 0 Å². The molecule has 0 aromatic heterocycles. The molecule has 2 aromatic rings. The highest BCUT2D eigenvalue weighted by molar-refractivity contribution is 6.04. The average molecular weight is 379 g/mol. The second-order valence-electron chi connectivity index (χ2n) is 6.50. The number of carbonyl (C=O) groups is 1. The largest absolute Gasteiger partial charge is 0.493 e. The Hall–Kier alpha value is -2.70. The average Bonchev–Trinajstić information content (AvgIpc) is 3.16. The minimum Gasteiger partial charge on any atom is -0.493 e. The van der Waals surface area contributed by atoms with Crippen LogP contribution in [0.3, 0.4) is 0 Å². The summed E-state index contributed by atoms with van der Waals surface area (Å²) in [6.45, 7) is 1.17. The van der Waals surface area contributed by atoms with Crippen LogP contribution in [0.1, 0.15) is 41.6 Å². The molecule has 0 atom stereocenters. The van der Waals surface area contributed by atoms with Gasteiger partial charge in [-0.3, -0.25) is 4.79 Å². The highest BCUT2D eigenvalue weighted by Crippen LogP contribution is 2.33. The highest BCUT2D eigenvalue weighted by atomic mass is 19.1. The van der Waals surface area contributed by atoms with Crippen LogP contribution in [0.4, 0.5) is 18.9 Å². The number of rotatable bonds is 5. The fourth-order valence-electron chi connectivity index (χ4n) is 3.08. The molecule has 0 unspecified atom stereocenters. The normalized spacial score (nSPS) is 14.3. The topological polar surface area (TPSA) is 47.6 Å². The van der Waals surface area contributed by atoms with Crippen LogP contribution in [0.2, 0.25) is 0 Å². The third-order valence-electron chi connectivity index (χ3n) is 4.66. The molecule has 1 saturated carbocycles. The molecule has 0 heterocycles. The zero-order chi connectivity index (χ0) is 19.6. The van der Waals surface area contributed by atoms with Crippen LogP contribution in [0.5, 0.6) is 11.5 Å². The number of hydrogen-bond donors (Lipinski definition) is 1. The van der Waals surface area contributed by atoms with E-state index in [-0.39, 0.29) is 17.2 Å². The number of hydrogen-bond acceptors (Lipinski definition) is 3. The number of amides is 1. The number of methoxy groups -OCH3 is 1. The first-order chi connectivity index (χ1) is 12.9. The van der Waals surface area contributed by atoms with Crippen molar-refractivity contribution in [2.75, 3.05) is 12.4 Å². The molecule has 2 aromatic carbocycles. The van der Waals surface area contributed by atoms with E-state index in [2.05, 4.69) is 5.32 Å². The summed E-state index contributed by atoms with van der Waals surface area (Å²) in [5.41, 5.74) is -0.913. The molecule has 1 fully saturated rings. The number of carbonyl (C=O) groups excluding carboxylic acids is 1. The Morgan fingerprint density at radius 1 is 1.07 bits per heavy atom. The molecule has 0 bridgehead atoms. The third-order valence-corrected chi connectivity index (χ3v) is 4.66. The number of halogens is 3. The van der Waals surface area contributed by atoms with Crippen molar-refractivity contribution in [3.05, 3.63) is 52.8 Å². The van der Waals surface area contributed by atoms with Gasteiger partial charge in [-0.25, -0.2) is 13.2 Å². The number of anilines is 1. The predicted molar refractivity (Wildman–Crippen MR) is 94.9 cm³/mol. The van der Waals surface area contributed by atoms with Gasteiger partial charge in [-0.1, -0.05) is 0 Å². The summed E-state index contributed by atoms with van der Waals surface area (Å²) in [5.74, 6) is -3.21. The quantitative estimate of drug-likeness (QED) is 0.796. The van der Waals surface area contributed by atoms with Gasteiger partial charge in [0.05, 0.1) is 13.2 Å². The summed E-state index contributed by atoms with van der Waals surface area (Å²) in [6.07, 6.45) is 4.05. The molecule has 1 N–H and O–H groups in total. The monoisotopic (exact) mass is 379 g/mol. The van der Waals surface area contributed by atoms with E-state index < -0.39 is 29.0 Å². The molecule has 1 aliphatic rings. The summed E-state index contributed by atoms with van der Waals surface area (Å²) in [6, 6.07) is 5.03. The van der Waals surface area contributed by atoms with E-state index in [1.807, 2.05) is 0 Å². The van der Waals surface area contributed by atoms with Crippen molar-refractivity contribution in [3.8, 4) is 11.5 Å². The molecule has 1 aliphatic carbocycles. The fourth-order valence-corrected chi connectivity index (χ4v) is 3.08. The van der Waals surface area contributed by atoms with Gasteiger partial charge in [0.15, 0.2) is 23.1 Å². The molecule has 1 amide bonds. The standard InChI is InChI=1S/C20H20F3NO3/c1-11-14(21)10-15(22)19(18(11)23)24-20(25)12-7-8-16(26-2)17(9-12)27-13-5-3-4-6-13/h7-10,13H,3-6H2,1-2H3,(H,24,25). The second kappa shape index (κ2) is 7.90. The van der Waals surface area contributed by atoms with Crippen molar-refractivity contribution in [1.29, 1.82) is 0 Å². The van der Waals surface area contributed by atoms with E-state index in [1.165, 1.54) is 26.2 Å². The van der Waals surface area contributed by atoms with Crippen molar-refractivity contribution in [2.24, 2.45) is 0 Å². The molecule has 0 saturated heterocycles. The van der Waals surface area contributed by atoms with Crippen molar-refractivity contribution in [2.45, 2.75) is 38.7 Å². The van der Waals surface area contributed by atoms with Crippen molar-refractivity contribution in [3.63, 3.8) is 0 Å². The molecular weight excluding hydrogens is 359 g/mol. The Kier molecular flexibility index (Phi) is 5.58. The summed E-state index contributed by atoms with van der Waals surface area (Å²) < 4.78 is 52.6. The van der Waals surface area contributed by atoms with Gasteiger partial charge in [0.25, 0.3) is 5.91 Å². The molecule has 0 radical (unpaired) electrons. The summed E-state index contributed by atoms with van der Waals surface area (Å²) >= 11 is 0. The lowest BCUT2D eigenvalue weighted by molar-refractivity contribution is 0.102. The Morgan fingerprint density at radius 3 is 2.44 bits per heavy atom. The summed E-state index contributed by atoms with van der Waals surface area (Å²) in [5, 5.41) is 2.17. The van der Waals surface area contributed by atoms with E-state index in [4.69, 9.17) is 9.47 Å². The Bertz CT molecular complexity index is 864. The Labute approximate surface area is 155 Å². The van der Waals surface area contributed by atoms with E-state index >= 15 is 0 Å². The Morgan fingerprint density at radius 2 is 1.78 bits per heavy atom. The van der Waals surface area contributed by atoms with E-state index in [1.54, 1.807) is 6.07 Å². The van der Waals surface area contributed by atoms with Crippen molar-refractivity contribution >= 4 is 11.6 Å². The van der Waals surface area contributed by atoms with Gasteiger partial charge < -0.3 is 14.8 Å². The third kappa shape index (κ3) is 4.02. The second-order valence-corrected chi connectivity index (χ2v) is 6.50. The summed E-state index contributed by atoms with van der Waals surface area (Å²) in [4.78, 5) is 12.5. The lowest BCUT2D eigenvalue weighted by Gasteiger charge is -2.17. The zero-order valence-corrected chi connectivity index (χ0v) is 15.1. The van der Waals surface area contributed by atoms with Gasteiger partial charge in [-0.05, 0) is 50.8 Å². The van der Waals surface area contributed by atoms with Crippen molar-refractivity contribution < 1.29 is 27.4 Å². The lowest BCUT2D eigenvalue weighted by Crippen LogP contribution is -2.16. The zero-order valence-electron chi connectivity index (χ0n) is 15.1. The number of benzene rings is 2. The summed E-state index contributed by atoms with van der Waals surface area (Å²) in [7, 11) is 1.49. The molecule has 3 rings (SSSR count). The molecule has 4 nitrogen and oxygen atoms in total. The number of nitrogens with one attached hydrogen (secondary N) is 1. The maximum absolute atomic E-state index is 14.1. The molecule has 27 heavy (non-hydrogen) atoms. The number of ether oxygens (including phenoxy) is 2. The molecule has 0 aliphatic heterocycles. The highest BCUT2D eigenvalue weighted by Gasteiger charge is 2.22. The van der Waals surface area contributed by atoms with Gasteiger partial charge in [0, 0.05) is 17.2 Å². The van der Waals surface area contributed by atoms with Gasteiger partial charge in [0.1, 0.15) is 11.5 Å². The minimum absolute atomic E-state index is 0.0480. The van der Waals surface area contributed by atoms with E-state index in [0.717, 1.165) is 25.7 Å². The SMILES string of the molecule is COc1ccc(C(=O)Nc2c(F)cc(F)c(C)c2F)cc1OC1CCCC1. The van der Waals surface area contributed by atoms with Gasteiger partial charge in [-0.15, -0.1) is 0 Å². The minimum atomic E-state index is -1.18. The van der Waals surface area contributed by atoms with Crippen LogP contribution in [0.25, 0.3) is 0 Å². The van der Waals surface area contributed by atoms with Crippen LogP contribution in [0.15, 0.2) is 24.3 Å². The van der Waals surface area contributed by atoms with Crippen LogP contribution in [-0.4, -0.2) is 19.1 Å². The van der Waals surface area contributed by atoms with Crippen LogP contribution < -0.4 is 14.8 Å². The maximum atomic E-state index is 14.1. The van der Waals surface area contributed by atoms with Crippen molar-refractivity contribution in [1.82, 2.24) is 0 Å². The van der Waals surface area contributed by atoms with E-state index in [9.17, 15) is 18.0 Å². The molecule has 144 valence electrons. The molecule has 7 heteroatoms. The maximum Gasteiger partial charge on any atom is 0.255 e. The Balaban J connectivity index is 1.86. The van der Waals surface area contributed by atoms with Gasteiger partial charge in [-0.2, -0.15) is 0 Å². The first-order valence-corrected chi connectivity index (χ1v) is 8.71. The smallest absolute Gasteiger partial charge is 0.255 e. The fraction of sp³-hybridized carbons (Fsp3) is 0.350. The first-order valence-electron chi connectivity index (χ1n) is 8.71. The first kappa shape index (κ1) is 19.1.